The number of phenols is 1. The maximum atomic E-state index is 9.40. The minimum atomic E-state index is 0.283. The molecule has 0 aromatic heterocycles. The van der Waals surface area contributed by atoms with Gasteiger partial charge in [-0.2, -0.15) is 0 Å². The molecule has 0 fully saturated rings. The number of rotatable bonds is 2. The molecule has 0 bridgehead atoms. The summed E-state index contributed by atoms with van der Waals surface area (Å²) in [4.78, 5) is 0. The van der Waals surface area contributed by atoms with E-state index in [-0.39, 0.29) is 5.75 Å². The molecule has 2 nitrogen and oxygen atoms in total. The molecule has 1 aromatic carbocycles. The monoisotopic (exact) mass is 243 g/mol. The molecule has 0 saturated carbocycles. The SMILES string of the molecule is Cc1c(C(C)CN)ccc(O)c1Br. The second-order valence-corrected chi connectivity index (χ2v) is 4.04. The molecule has 0 aliphatic heterocycles. The summed E-state index contributed by atoms with van der Waals surface area (Å²) < 4.78 is 0.769. The lowest BCUT2D eigenvalue weighted by Gasteiger charge is -2.14. The summed E-state index contributed by atoms with van der Waals surface area (Å²) in [6, 6.07) is 3.62. The predicted octanol–water partition coefficient (Wildman–Crippen LogP) is 2.53. The highest BCUT2D eigenvalue weighted by Gasteiger charge is 2.10. The lowest BCUT2D eigenvalue weighted by Crippen LogP contribution is -2.10. The Balaban J connectivity index is 3.18. The van der Waals surface area contributed by atoms with Crippen LogP contribution >= 0.6 is 15.9 Å². The van der Waals surface area contributed by atoms with Crippen LogP contribution < -0.4 is 5.73 Å². The fraction of sp³-hybridized carbons (Fsp3) is 0.400. The van der Waals surface area contributed by atoms with Gasteiger partial charge in [-0.1, -0.05) is 13.0 Å². The van der Waals surface area contributed by atoms with Crippen LogP contribution in [0, 0.1) is 6.92 Å². The van der Waals surface area contributed by atoms with Crippen LogP contribution in [0.4, 0.5) is 0 Å². The molecule has 72 valence electrons. The minimum absolute atomic E-state index is 0.283. The normalized spacial score (nSPS) is 12.9. The highest BCUT2D eigenvalue weighted by molar-refractivity contribution is 9.10. The molecule has 1 aromatic rings. The Hall–Kier alpha value is -0.540. The van der Waals surface area contributed by atoms with E-state index in [4.69, 9.17) is 5.73 Å². The molecular weight excluding hydrogens is 230 g/mol. The quantitative estimate of drug-likeness (QED) is 0.839. The van der Waals surface area contributed by atoms with Gasteiger partial charge >= 0.3 is 0 Å². The van der Waals surface area contributed by atoms with E-state index in [0.29, 0.717) is 12.5 Å². The molecule has 3 heteroatoms. The van der Waals surface area contributed by atoms with Gasteiger partial charge in [0.25, 0.3) is 0 Å². The third-order valence-corrected chi connectivity index (χ3v) is 3.29. The van der Waals surface area contributed by atoms with Crippen LogP contribution in [0.1, 0.15) is 24.0 Å². The summed E-state index contributed by atoms with van der Waals surface area (Å²) in [5.74, 6) is 0.613. The van der Waals surface area contributed by atoms with Crippen molar-refractivity contribution in [2.45, 2.75) is 19.8 Å². The maximum Gasteiger partial charge on any atom is 0.130 e. The highest BCUT2D eigenvalue weighted by atomic mass is 79.9. The third kappa shape index (κ3) is 2.03. The lowest BCUT2D eigenvalue weighted by molar-refractivity contribution is 0.471. The summed E-state index contributed by atoms with van der Waals surface area (Å²) in [5.41, 5.74) is 7.84. The number of benzene rings is 1. The van der Waals surface area contributed by atoms with Gasteiger partial charge in [0, 0.05) is 0 Å². The molecule has 1 atom stereocenters. The number of phenolic OH excluding ortho intramolecular Hbond substituents is 1. The molecule has 1 unspecified atom stereocenters. The van der Waals surface area contributed by atoms with E-state index in [2.05, 4.69) is 22.9 Å². The molecule has 0 saturated heterocycles. The summed E-state index contributed by atoms with van der Waals surface area (Å²) >= 11 is 3.34. The second-order valence-electron chi connectivity index (χ2n) is 3.25. The molecule has 0 amide bonds. The van der Waals surface area contributed by atoms with Crippen molar-refractivity contribution in [1.29, 1.82) is 0 Å². The van der Waals surface area contributed by atoms with E-state index in [1.165, 1.54) is 5.56 Å². The van der Waals surface area contributed by atoms with Crippen molar-refractivity contribution in [2.75, 3.05) is 6.54 Å². The van der Waals surface area contributed by atoms with Gasteiger partial charge in [-0.3, -0.25) is 0 Å². The van der Waals surface area contributed by atoms with Crippen LogP contribution in [0.25, 0.3) is 0 Å². The Labute approximate surface area is 86.9 Å². The van der Waals surface area contributed by atoms with Crippen molar-refractivity contribution >= 4 is 15.9 Å². The van der Waals surface area contributed by atoms with E-state index in [9.17, 15) is 5.11 Å². The van der Waals surface area contributed by atoms with Crippen LogP contribution in [0.3, 0.4) is 0 Å². The molecule has 3 N–H and O–H groups in total. The van der Waals surface area contributed by atoms with Crippen LogP contribution in [0.5, 0.6) is 5.75 Å². The Morgan fingerprint density at radius 2 is 2.15 bits per heavy atom. The zero-order chi connectivity index (χ0) is 10.0. The summed E-state index contributed by atoms with van der Waals surface area (Å²) in [6.07, 6.45) is 0. The first-order valence-electron chi connectivity index (χ1n) is 4.26. The van der Waals surface area contributed by atoms with Crippen molar-refractivity contribution < 1.29 is 5.11 Å². The van der Waals surface area contributed by atoms with E-state index in [1.807, 2.05) is 13.0 Å². The Morgan fingerprint density at radius 1 is 1.54 bits per heavy atom. The summed E-state index contributed by atoms with van der Waals surface area (Å²) in [5, 5.41) is 9.40. The van der Waals surface area contributed by atoms with Crippen molar-refractivity contribution in [2.24, 2.45) is 5.73 Å². The third-order valence-electron chi connectivity index (χ3n) is 2.29. The zero-order valence-corrected chi connectivity index (χ0v) is 9.43. The Bertz CT molecular complexity index is 312. The first-order chi connectivity index (χ1) is 6.07. The van der Waals surface area contributed by atoms with E-state index >= 15 is 0 Å². The smallest absolute Gasteiger partial charge is 0.130 e. The second kappa shape index (κ2) is 4.11. The Morgan fingerprint density at radius 3 is 2.69 bits per heavy atom. The van der Waals surface area contributed by atoms with E-state index < -0.39 is 0 Å². The Kier molecular flexibility index (Phi) is 3.33. The molecule has 13 heavy (non-hydrogen) atoms. The first kappa shape index (κ1) is 10.5. The van der Waals surface area contributed by atoms with Crippen LogP contribution in [0.15, 0.2) is 16.6 Å². The number of hydrogen-bond donors (Lipinski definition) is 2. The van der Waals surface area contributed by atoms with Gasteiger partial charge < -0.3 is 10.8 Å². The largest absolute Gasteiger partial charge is 0.507 e. The number of hydrogen-bond acceptors (Lipinski definition) is 2. The van der Waals surface area contributed by atoms with Gasteiger partial charge in [-0.15, -0.1) is 0 Å². The van der Waals surface area contributed by atoms with Crippen molar-refractivity contribution in [1.82, 2.24) is 0 Å². The lowest BCUT2D eigenvalue weighted by atomic mass is 9.96. The van der Waals surface area contributed by atoms with Gasteiger partial charge in [0.1, 0.15) is 5.75 Å². The summed E-state index contributed by atoms with van der Waals surface area (Å²) in [7, 11) is 0. The van der Waals surface area contributed by atoms with Crippen LogP contribution in [-0.4, -0.2) is 11.7 Å². The van der Waals surface area contributed by atoms with Gasteiger partial charge in [-0.05, 0) is 52.5 Å². The fourth-order valence-corrected chi connectivity index (χ4v) is 1.71. The van der Waals surface area contributed by atoms with Gasteiger partial charge in [0.05, 0.1) is 4.47 Å². The standard InChI is InChI=1S/C10H14BrNO/c1-6(5-12)8-3-4-9(13)10(11)7(8)2/h3-4,6,13H,5,12H2,1-2H3. The molecule has 1 rings (SSSR count). The van der Waals surface area contributed by atoms with Gasteiger partial charge in [0.15, 0.2) is 0 Å². The number of aromatic hydroxyl groups is 1. The average molecular weight is 244 g/mol. The van der Waals surface area contributed by atoms with Crippen LogP contribution in [-0.2, 0) is 0 Å². The van der Waals surface area contributed by atoms with Crippen LogP contribution in [0.2, 0.25) is 0 Å². The van der Waals surface area contributed by atoms with E-state index in [0.717, 1.165) is 10.0 Å². The number of halogens is 1. The molecule has 0 spiro atoms. The van der Waals surface area contributed by atoms with Crippen molar-refractivity contribution in [3.63, 3.8) is 0 Å². The van der Waals surface area contributed by atoms with Crippen molar-refractivity contribution in [3.05, 3.63) is 27.7 Å². The average Bonchev–Trinajstić information content (AvgIpc) is 2.13. The van der Waals surface area contributed by atoms with Crippen molar-refractivity contribution in [3.8, 4) is 5.75 Å². The molecular formula is C10H14BrNO. The molecule has 0 radical (unpaired) electrons. The topological polar surface area (TPSA) is 46.2 Å². The van der Waals surface area contributed by atoms with Gasteiger partial charge in [0.2, 0.25) is 0 Å². The molecule has 0 aliphatic rings. The molecule has 0 aliphatic carbocycles. The predicted molar refractivity (Wildman–Crippen MR) is 58.0 cm³/mol. The van der Waals surface area contributed by atoms with E-state index in [1.54, 1.807) is 6.07 Å². The zero-order valence-electron chi connectivity index (χ0n) is 7.84. The molecule has 0 heterocycles. The maximum absolute atomic E-state index is 9.40. The highest BCUT2D eigenvalue weighted by Crippen LogP contribution is 2.32. The first-order valence-corrected chi connectivity index (χ1v) is 5.05. The number of nitrogens with two attached hydrogens (primary N) is 1. The summed E-state index contributed by atoms with van der Waals surface area (Å²) in [6.45, 7) is 4.68. The minimum Gasteiger partial charge on any atom is -0.507 e. The van der Waals surface area contributed by atoms with Gasteiger partial charge in [-0.25, -0.2) is 0 Å². The fourth-order valence-electron chi connectivity index (χ4n) is 1.35.